The predicted molar refractivity (Wildman–Crippen MR) is 62.2 cm³/mol. The normalized spacial score (nSPS) is 18.9. The Balaban J connectivity index is 2.83. The van der Waals surface area contributed by atoms with E-state index >= 15 is 0 Å². The molecule has 0 aromatic heterocycles. The highest BCUT2D eigenvalue weighted by Gasteiger charge is 2.40. The Bertz CT molecular complexity index is 327. The lowest BCUT2D eigenvalue weighted by Gasteiger charge is -2.28. The van der Waals surface area contributed by atoms with Gasteiger partial charge in [0.25, 0.3) is 0 Å². The molecular formula is C13H18N2O. The number of amides is 1. The first-order valence-electron chi connectivity index (χ1n) is 5.76. The Hall–Kier alpha value is -1.48. The maximum absolute atomic E-state index is 12.2. The minimum Gasteiger partial charge on any atom is -0.333 e. The third kappa shape index (κ3) is 2.55. The molecule has 1 amide bonds. The quantitative estimate of drug-likeness (QED) is 0.525. The van der Waals surface area contributed by atoms with Gasteiger partial charge in [-0.1, -0.05) is 31.6 Å². The maximum atomic E-state index is 12.2. The zero-order valence-corrected chi connectivity index (χ0v) is 9.83. The van der Waals surface area contributed by atoms with Gasteiger partial charge in [-0.25, -0.2) is 0 Å². The Kier molecular flexibility index (Phi) is 4.38. The van der Waals surface area contributed by atoms with Gasteiger partial charge < -0.3 is 4.90 Å². The van der Waals surface area contributed by atoms with Crippen LogP contribution < -0.4 is 0 Å². The Morgan fingerprint density at radius 1 is 1.38 bits per heavy atom. The lowest BCUT2D eigenvalue weighted by molar-refractivity contribution is -0.137. The third-order valence-electron chi connectivity index (χ3n) is 3.26. The van der Waals surface area contributed by atoms with Gasteiger partial charge in [-0.3, -0.25) is 4.79 Å². The molecule has 16 heavy (non-hydrogen) atoms. The van der Waals surface area contributed by atoms with E-state index in [0.717, 1.165) is 25.7 Å². The molecule has 3 nitrogen and oxygen atoms in total. The van der Waals surface area contributed by atoms with E-state index in [1.54, 1.807) is 7.05 Å². The van der Waals surface area contributed by atoms with Crippen LogP contribution in [0, 0.1) is 29.1 Å². The molecule has 0 aromatic rings. The van der Waals surface area contributed by atoms with Crippen LogP contribution in [0.5, 0.6) is 0 Å². The van der Waals surface area contributed by atoms with Crippen molar-refractivity contribution in [1.29, 1.82) is 5.26 Å². The molecular weight excluding hydrogens is 200 g/mol. The monoisotopic (exact) mass is 218 g/mol. The van der Waals surface area contributed by atoms with Crippen molar-refractivity contribution in [3.8, 4) is 18.4 Å². The zero-order valence-electron chi connectivity index (χ0n) is 9.83. The average molecular weight is 218 g/mol. The number of carbonyl (C=O) groups is 1. The van der Waals surface area contributed by atoms with Crippen molar-refractivity contribution in [2.24, 2.45) is 5.41 Å². The van der Waals surface area contributed by atoms with E-state index < -0.39 is 5.41 Å². The van der Waals surface area contributed by atoms with E-state index in [1.807, 2.05) is 0 Å². The van der Waals surface area contributed by atoms with Gasteiger partial charge in [0, 0.05) is 7.05 Å². The van der Waals surface area contributed by atoms with Gasteiger partial charge in [0.15, 0.2) is 0 Å². The molecule has 0 saturated heterocycles. The highest BCUT2D eigenvalue weighted by Crippen LogP contribution is 2.35. The van der Waals surface area contributed by atoms with Gasteiger partial charge in [0.05, 0.1) is 12.6 Å². The van der Waals surface area contributed by atoms with E-state index in [4.69, 9.17) is 6.42 Å². The first-order valence-corrected chi connectivity index (χ1v) is 5.76. The number of rotatable bonds is 2. The Morgan fingerprint density at radius 3 is 2.38 bits per heavy atom. The minimum absolute atomic E-state index is 0.102. The maximum Gasteiger partial charge on any atom is 0.243 e. The van der Waals surface area contributed by atoms with E-state index in [0.29, 0.717) is 12.8 Å². The van der Waals surface area contributed by atoms with Gasteiger partial charge in [-0.05, 0) is 12.8 Å². The molecule has 0 unspecified atom stereocenters. The Morgan fingerprint density at radius 2 is 1.94 bits per heavy atom. The van der Waals surface area contributed by atoms with Crippen LogP contribution in [0.2, 0.25) is 0 Å². The lowest BCUT2D eigenvalue weighted by Crippen LogP contribution is -2.41. The van der Waals surface area contributed by atoms with Crippen LogP contribution in [-0.4, -0.2) is 24.4 Å². The molecule has 0 spiro atoms. The molecule has 1 aliphatic rings. The standard InChI is InChI=1S/C13H18N2O/c1-3-10-15(2)12(16)13(11-14)8-6-4-5-7-9-13/h1H,4-10H2,2H3. The summed E-state index contributed by atoms with van der Waals surface area (Å²) >= 11 is 0. The van der Waals surface area contributed by atoms with Crippen LogP contribution in [-0.2, 0) is 4.79 Å². The van der Waals surface area contributed by atoms with Crippen molar-refractivity contribution in [1.82, 2.24) is 4.90 Å². The second-order valence-corrected chi connectivity index (χ2v) is 4.47. The summed E-state index contributed by atoms with van der Waals surface area (Å²) in [6.45, 7) is 0.280. The average Bonchev–Trinajstić information content (AvgIpc) is 2.54. The molecule has 0 heterocycles. The van der Waals surface area contributed by atoms with Crippen LogP contribution in [0.15, 0.2) is 0 Å². The van der Waals surface area contributed by atoms with E-state index in [2.05, 4.69) is 12.0 Å². The fourth-order valence-corrected chi connectivity index (χ4v) is 2.28. The lowest BCUT2D eigenvalue weighted by atomic mass is 9.80. The summed E-state index contributed by atoms with van der Waals surface area (Å²) in [5.74, 6) is 2.34. The summed E-state index contributed by atoms with van der Waals surface area (Å²) in [5.41, 5.74) is -0.817. The Labute approximate surface area is 97.4 Å². The van der Waals surface area contributed by atoms with Crippen LogP contribution in [0.1, 0.15) is 38.5 Å². The smallest absolute Gasteiger partial charge is 0.243 e. The molecule has 3 heteroatoms. The molecule has 1 saturated carbocycles. The van der Waals surface area contributed by atoms with Crippen LogP contribution in [0.4, 0.5) is 0 Å². The second kappa shape index (κ2) is 5.56. The minimum atomic E-state index is -0.817. The fraction of sp³-hybridized carbons (Fsp3) is 0.692. The van der Waals surface area contributed by atoms with Gasteiger partial charge in [0.1, 0.15) is 5.41 Å². The largest absolute Gasteiger partial charge is 0.333 e. The van der Waals surface area contributed by atoms with E-state index in [-0.39, 0.29) is 12.5 Å². The molecule has 1 aliphatic carbocycles. The van der Waals surface area contributed by atoms with Crippen molar-refractivity contribution >= 4 is 5.91 Å². The van der Waals surface area contributed by atoms with Crippen LogP contribution in [0.3, 0.4) is 0 Å². The molecule has 86 valence electrons. The van der Waals surface area contributed by atoms with Gasteiger partial charge in [-0.15, -0.1) is 6.42 Å². The number of terminal acetylenes is 1. The zero-order chi connectivity index (χ0) is 12.0. The number of nitriles is 1. The van der Waals surface area contributed by atoms with Crippen molar-refractivity contribution in [3.05, 3.63) is 0 Å². The van der Waals surface area contributed by atoms with Crippen LogP contribution >= 0.6 is 0 Å². The summed E-state index contributed by atoms with van der Waals surface area (Å²) in [6, 6.07) is 2.24. The second-order valence-electron chi connectivity index (χ2n) is 4.47. The summed E-state index contributed by atoms with van der Waals surface area (Å²) < 4.78 is 0. The summed E-state index contributed by atoms with van der Waals surface area (Å²) in [6.07, 6.45) is 10.7. The first-order chi connectivity index (χ1) is 7.66. The highest BCUT2D eigenvalue weighted by molar-refractivity contribution is 5.85. The van der Waals surface area contributed by atoms with Gasteiger partial charge >= 0.3 is 0 Å². The van der Waals surface area contributed by atoms with Crippen molar-refractivity contribution in [2.45, 2.75) is 38.5 Å². The first kappa shape index (κ1) is 12.6. The van der Waals surface area contributed by atoms with Crippen LogP contribution in [0.25, 0.3) is 0 Å². The van der Waals surface area contributed by atoms with Gasteiger partial charge in [-0.2, -0.15) is 5.26 Å². The number of hydrogen-bond acceptors (Lipinski definition) is 2. The van der Waals surface area contributed by atoms with E-state index in [1.165, 1.54) is 4.90 Å². The molecule has 0 bridgehead atoms. The SMILES string of the molecule is C#CCN(C)C(=O)C1(C#N)CCCCCC1. The molecule has 0 N–H and O–H groups in total. The molecule has 0 aromatic carbocycles. The van der Waals surface area contributed by atoms with Crippen molar-refractivity contribution in [3.63, 3.8) is 0 Å². The molecule has 1 fully saturated rings. The van der Waals surface area contributed by atoms with E-state index in [9.17, 15) is 10.1 Å². The molecule has 0 radical (unpaired) electrons. The van der Waals surface area contributed by atoms with Crippen molar-refractivity contribution < 1.29 is 4.79 Å². The van der Waals surface area contributed by atoms with Gasteiger partial charge in [0.2, 0.25) is 5.91 Å². The number of hydrogen-bond donors (Lipinski definition) is 0. The fourth-order valence-electron chi connectivity index (χ4n) is 2.28. The topological polar surface area (TPSA) is 44.1 Å². The highest BCUT2D eigenvalue weighted by atomic mass is 16.2. The number of nitrogens with zero attached hydrogens (tertiary/aromatic N) is 2. The summed E-state index contributed by atoms with van der Waals surface area (Å²) in [4.78, 5) is 13.7. The predicted octanol–water partition coefficient (Wildman–Crippen LogP) is 1.94. The summed E-state index contributed by atoms with van der Waals surface area (Å²) in [5, 5.41) is 9.30. The number of carbonyl (C=O) groups excluding carboxylic acids is 1. The summed E-state index contributed by atoms with van der Waals surface area (Å²) in [7, 11) is 1.67. The molecule has 0 aliphatic heterocycles. The van der Waals surface area contributed by atoms with Crippen molar-refractivity contribution in [2.75, 3.05) is 13.6 Å². The molecule has 1 rings (SSSR count). The molecule has 0 atom stereocenters. The third-order valence-corrected chi connectivity index (χ3v) is 3.26.